The Kier molecular flexibility index (Phi) is 7.21. The summed E-state index contributed by atoms with van der Waals surface area (Å²) in [5.41, 5.74) is 3.51. The molecular formula is C25H26O2S. The number of carbonyl (C=O) groups excluding carboxylic acids is 1. The standard InChI is InChI=1S/C25H26O2S/c1-3-5-6-8-23-17-18-24(28-23)21-11-9-19(10-12-21)20-13-15-22(16-14-20)27-25(26)7-4-2/h4,7,9-18H,3,5-6,8H2,1-2H3. The third-order valence-electron chi connectivity index (χ3n) is 4.57. The van der Waals surface area contributed by atoms with Gasteiger partial charge in [0, 0.05) is 15.8 Å². The summed E-state index contributed by atoms with van der Waals surface area (Å²) in [6, 6.07) is 20.7. The second kappa shape index (κ2) is 10.0. The first-order chi connectivity index (χ1) is 13.7. The van der Waals surface area contributed by atoms with Crippen LogP contribution in [-0.2, 0) is 11.2 Å². The molecule has 2 nitrogen and oxygen atoms in total. The maximum Gasteiger partial charge on any atom is 0.335 e. The summed E-state index contributed by atoms with van der Waals surface area (Å²) in [6.07, 6.45) is 8.09. The normalized spacial score (nSPS) is 11.1. The van der Waals surface area contributed by atoms with Crippen LogP contribution < -0.4 is 4.74 Å². The van der Waals surface area contributed by atoms with Crippen molar-refractivity contribution in [2.45, 2.75) is 39.5 Å². The molecule has 0 aliphatic rings. The maximum absolute atomic E-state index is 11.5. The molecule has 3 aromatic rings. The Bertz CT molecular complexity index is 918. The number of rotatable bonds is 8. The highest BCUT2D eigenvalue weighted by atomic mass is 32.1. The zero-order chi connectivity index (χ0) is 19.8. The van der Waals surface area contributed by atoms with Crippen LogP contribution in [0, 0.1) is 0 Å². The molecule has 2 aromatic carbocycles. The van der Waals surface area contributed by atoms with Gasteiger partial charge in [-0.05, 0) is 60.7 Å². The SMILES string of the molecule is CC=CC(=O)Oc1ccc(-c2ccc(-c3ccc(CCCCC)s3)cc2)cc1. The van der Waals surface area contributed by atoms with Gasteiger partial charge in [0.25, 0.3) is 0 Å². The molecule has 3 rings (SSSR count). The van der Waals surface area contributed by atoms with Crippen molar-refractivity contribution < 1.29 is 9.53 Å². The van der Waals surface area contributed by atoms with Crippen LogP contribution in [0.1, 0.15) is 38.0 Å². The van der Waals surface area contributed by atoms with E-state index in [1.54, 1.807) is 13.0 Å². The van der Waals surface area contributed by atoms with Gasteiger partial charge < -0.3 is 4.74 Å². The molecule has 0 atom stereocenters. The molecule has 144 valence electrons. The van der Waals surface area contributed by atoms with E-state index in [9.17, 15) is 4.79 Å². The number of allylic oxidation sites excluding steroid dienone is 1. The van der Waals surface area contributed by atoms with Crippen molar-refractivity contribution in [3.05, 3.63) is 77.7 Å². The Morgan fingerprint density at radius 3 is 2.18 bits per heavy atom. The van der Waals surface area contributed by atoms with Gasteiger partial charge in [-0.3, -0.25) is 0 Å². The second-order valence-electron chi connectivity index (χ2n) is 6.75. The van der Waals surface area contributed by atoms with E-state index in [2.05, 4.69) is 43.3 Å². The van der Waals surface area contributed by atoms with E-state index in [4.69, 9.17) is 4.74 Å². The lowest BCUT2D eigenvalue weighted by Gasteiger charge is -2.06. The fourth-order valence-corrected chi connectivity index (χ4v) is 4.10. The van der Waals surface area contributed by atoms with Gasteiger partial charge in [0.05, 0.1) is 0 Å². The number of benzene rings is 2. The number of esters is 1. The van der Waals surface area contributed by atoms with Crippen LogP contribution in [0.2, 0.25) is 0 Å². The lowest BCUT2D eigenvalue weighted by molar-refractivity contribution is -0.129. The molecule has 0 amide bonds. The van der Waals surface area contributed by atoms with Gasteiger partial charge >= 0.3 is 5.97 Å². The smallest absolute Gasteiger partial charge is 0.335 e. The average molecular weight is 391 g/mol. The number of unbranched alkanes of at least 4 members (excludes halogenated alkanes) is 2. The lowest BCUT2D eigenvalue weighted by Crippen LogP contribution is -2.03. The first-order valence-electron chi connectivity index (χ1n) is 9.83. The molecule has 0 fully saturated rings. The predicted octanol–water partition coefficient (Wildman–Crippen LogP) is 7.30. The fraction of sp³-hybridized carbons (Fsp3) is 0.240. The summed E-state index contributed by atoms with van der Waals surface area (Å²) in [5.74, 6) is 0.197. The number of carbonyl (C=O) groups is 1. The molecule has 0 unspecified atom stereocenters. The molecule has 0 saturated heterocycles. The van der Waals surface area contributed by atoms with Crippen LogP contribution in [0.3, 0.4) is 0 Å². The molecule has 3 heteroatoms. The van der Waals surface area contributed by atoms with Crippen molar-refractivity contribution in [3.63, 3.8) is 0 Å². The summed E-state index contributed by atoms with van der Waals surface area (Å²) < 4.78 is 5.24. The first kappa shape index (κ1) is 20.1. The minimum atomic E-state index is -0.357. The summed E-state index contributed by atoms with van der Waals surface area (Å²) in [6.45, 7) is 4.03. The minimum absolute atomic E-state index is 0.357. The van der Waals surface area contributed by atoms with E-state index >= 15 is 0 Å². The van der Waals surface area contributed by atoms with Crippen molar-refractivity contribution in [1.29, 1.82) is 0 Å². The molecule has 0 spiro atoms. The van der Waals surface area contributed by atoms with Crippen LogP contribution in [-0.4, -0.2) is 5.97 Å². The van der Waals surface area contributed by atoms with Crippen molar-refractivity contribution >= 4 is 17.3 Å². The molecule has 0 saturated carbocycles. The number of thiophene rings is 1. The Morgan fingerprint density at radius 2 is 1.54 bits per heavy atom. The zero-order valence-electron chi connectivity index (χ0n) is 16.5. The number of hydrogen-bond donors (Lipinski definition) is 0. The third-order valence-corrected chi connectivity index (χ3v) is 5.76. The number of aryl methyl sites for hydroxylation is 1. The highest BCUT2D eigenvalue weighted by Gasteiger charge is 2.05. The summed E-state index contributed by atoms with van der Waals surface area (Å²) in [7, 11) is 0. The lowest BCUT2D eigenvalue weighted by atomic mass is 10.0. The van der Waals surface area contributed by atoms with Crippen molar-refractivity contribution in [1.82, 2.24) is 0 Å². The van der Waals surface area contributed by atoms with Crippen LogP contribution in [0.15, 0.2) is 72.8 Å². The monoisotopic (exact) mass is 390 g/mol. The van der Waals surface area contributed by atoms with E-state index in [1.807, 2.05) is 35.6 Å². The predicted molar refractivity (Wildman–Crippen MR) is 119 cm³/mol. The Hall–Kier alpha value is -2.65. The van der Waals surface area contributed by atoms with Gasteiger partial charge in [0.1, 0.15) is 5.75 Å². The van der Waals surface area contributed by atoms with E-state index in [1.165, 1.54) is 47.1 Å². The van der Waals surface area contributed by atoms with E-state index < -0.39 is 0 Å². The zero-order valence-corrected chi connectivity index (χ0v) is 17.3. The van der Waals surface area contributed by atoms with Crippen molar-refractivity contribution in [3.8, 4) is 27.3 Å². The Labute approximate surface area is 171 Å². The molecule has 1 heterocycles. The van der Waals surface area contributed by atoms with Gasteiger partial charge in [-0.2, -0.15) is 0 Å². The van der Waals surface area contributed by atoms with Gasteiger partial charge in [0.15, 0.2) is 0 Å². The van der Waals surface area contributed by atoms with Gasteiger partial charge in [-0.1, -0.05) is 62.2 Å². The highest BCUT2D eigenvalue weighted by Crippen LogP contribution is 2.31. The summed E-state index contributed by atoms with van der Waals surface area (Å²) >= 11 is 1.90. The van der Waals surface area contributed by atoms with Crippen LogP contribution >= 0.6 is 11.3 Å². The van der Waals surface area contributed by atoms with E-state index in [0.717, 1.165) is 11.1 Å². The Morgan fingerprint density at radius 1 is 0.893 bits per heavy atom. The number of ether oxygens (including phenoxy) is 1. The molecule has 0 N–H and O–H groups in total. The van der Waals surface area contributed by atoms with E-state index in [-0.39, 0.29) is 5.97 Å². The molecule has 0 aliphatic carbocycles. The van der Waals surface area contributed by atoms with Crippen molar-refractivity contribution in [2.24, 2.45) is 0 Å². The van der Waals surface area contributed by atoms with Gasteiger partial charge in [-0.25, -0.2) is 4.79 Å². The highest BCUT2D eigenvalue weighted by molar-refractivity contribution is 7.15. The largest absolute Gasteiger partial charge is 0.423 e. The molecule has 0 radical (unpaired) electrons. The Balaban J connectivity index is 1.66. The molecule has 1 aromatic heterocycles. The average Bonchev–Trinajstić information content (AvgIpc) is 3.18. The molecule has 0 aliphatic heterocycles. The minimum Gasteiger partial charge on any atom is -0.423 e. The topological polar surface area (TPSA) is 26.3 Å². The number of hydrogen-bond acceptors (Lipinski definition) is 3. The maximum atomic E-state index is 11.5. The van der Waals surface area contributed by atoms with Crippen LogP contribution in [0.4, 0.5) is 0 Å². The van der Waals surface area contributed by atoms with Crippen LogP contribution in [0.5, 0.6) is 5.75 Å². The fourth-order valence-electron chi connectivity index (χ4n) is 3.05. The first-order valence-corrected chi connectivity index (χ1v) is 10.7. The van der Waals surface area contributed by atoms with Gasteiger partial charge in [0.2, 0.25) is 0 Å². The summed E-state index contributed by atoms with van der Waals surface area (Å²) in [4.78, 5) is 14.3. The third kappa shape index (κ3) is 5.43. The van der Waals surface area contributed by atoms with Crippen molar-refractivity contribution in [2.75, 3.05) is 0 Å². The van der Waals surface area contributed by atoms with Gasteiger partial charge in [-0.15, -0.1) is 11.3 Å². The van der Waals surface area contributed by atoms with Crippen LogP contribution in [0.25, 0.3) is 21.6 Å². The van der Waals surface area contributed by atoms with E-state index in [0.29, 0.717) is 5.75 Å². The molecule has 0 bridgehead atoms. The second-order valence-corrected chi connectivity index (χ2v) is 7.91. The summed E-state index contributed by atoms with van der Waals surface area (Å²) in [5, 5.41) is 0. The molecule has 28 heavy (non-hydrogen) atoms. The quantitative estimate of drug-likeness (QED) is 0.175. The molecular weight excluding hydrogens is 364 g/mol.